The maximum Gasteiger partial charge on any atom is 0.454 e. The van der Waals surface area contributed by atoms with E-state index in [1.165, 1.54) is 0 Å². The Hall–Kier alpha value is -2.05. The molecule has 0 aliphatic carbocycles. The third-order valence-corrected chi connectivity index (χ3v) is 3.62. The first-order valence-corrected chi connectivity index (χ1v) is 7.07. The van der Waals surface area contributed by atoms with Crippen molar-refractivity contribution in [2.75, 3.05) is 0 Å². The number of nitrogens with zero attached hydrogens (tertiary/aromatic N) is 1. The zero-order valence-corrected chi connectivity index (χ0v) is 13.5. The second-order valence-electron chi connectivity index (χ2n) is 4.83. The van der Waals surface area contributed by atoms with Gasteiger partial charge in [0.1, 0.15) is 10.4 Å². The fraction of sp³-hybridized carbons (Fsp3) is 0.231. The Morgan fingerprint density at radius 3 is 1.96 bits per heavy atom. The molecule has 0 amide bonds. The molecule has 1 heterocycles. The summed E-state index contributed by atoms with van der Waals surface area (Å²) in [5, 5.41) is 0. The molecule has 2 aromatic rings. The summed E-state index contributed by atoms with van der Waals surface area (Å²) in [7, 11) is 0. The number of H-pyrrole nitrogens is 1. The van der Waals surface area contributed by atoms with Crippen molar-refractivity contribution < 1.29 is 44.3 Å². The van der Waals surface area contributed by atoms with Gasteiger partial charge in [0.2, 0.25) is 0 Å². The van der Waals surface area contributed by atoms with Crippen LogP contribution in [-0.2, 0) is 12.4 Å². The molecule has 2 rings (SSSR count). The van der Waals surface area contributed by atoms with Gasteiger partial charge in [0, 0.05) is 11.1 Å². The van der Waals surface area contributed by atoms with Crippen LogP contribution in [0.25, 0.3) is 11.4 Å². The Morgan fingerprint density at radius 2 is 1.54 bits per heavy atom. The molecule has 0 saturated carbocycles. The Labute approximate surface area is 146 Å². The number of aromatic amines is 1. The molecule has 0 aliphatic heterocycles. The van der Waals surface area contributed by atoms with E-state index in [0.29, 0.717) is 12.1 Å². The van der Waals surface area contributed by atoms with E-state index >= 15 is 0 Å². The minimum absolute atomic E-state index is 0.0884. The lowest BCUT2D eigenvalue weighted by molar-refractivity contribution is -0.141. The lowest BCUT2D eigenvalue weighted by atomic mass is 10.0. The van der Waals surface area contributed by atoms with Gasteiger partial charge in [-0.2, -0.15) is 39.5 Å². The van der Waals surface area contributed by atoms with E-state index in [1.54, 1.807) is 4.98 Å². The fourth-order valence-electron chi connectivity index (χ4n) is 1.96. The largest absolute Gasteiger partial charge is 0.454 e. The van der Waals surface area contributed by atoms with Crippen molar-refractivity contribution in [1.29, 1.82) is 0 Å². The number of aromatic nitrogens is 2. The number of benzene rings is 1. The van der Waals surface area contributed by atoms with E-state index in [4.69, 9.17) is 0 Å². The van der Waals surface area contributed by atoms with Crippen LogP contribution >= 0.6 is 15.9 Å². The molecule has 0 fully saturated rings. The second-order valence-corrected chi connectivity index (χ2v) is 5.59. The molecular weight excluding hydrogens is 451 g/mol. The van der Waals surface area contributed by atoms with Gasteiger partial charge in [-0.1, -0.05) is 6.07 Å². The van der Waals surface area contributed by atoms with Crippen LogP contribution in [-0.4, -0.2) is 21.9 Å². The first kappa shape index (κ1) is 20.3. The first-order valence-electron chi connectivity index (χ1n) is 6.28. The topological polar surface area (TPSA) is 45.8 Å². The normalized spacial score (nSPS) is 13.2. The van der Waals surface area contributed by atoms with Crippen LogP contribution in [0, 0.1) is 0 Å². The van der Waals surface area contributed by atoms with Gasteiger partial charge in [0.15, 0.2) is 5.69 Å². The van der Waals surface area contributed by atoms with Gasteiger partial charge in [-0.3, -0.25) is 4.79 Å². The molecule has 1 aromatic heterocycles. The third-order valence-electron chi connectivity index (χ3n) is 3.04. The molecule has 0 radical (unpaired) electrons. The van der Waals surface area contributed by atoms with E-state index < -0.39 is 57.1 Å². The molecule has 0 unspecified atom stereocenters. The van der Waals surface area contributed by atoms with Crippen LogP contribution < -0.4 is 0 Å². The Balaban J connectivity index is 2.66. The predicted molar refractivity (Wildman–Crippen MR) is 72.1 cm³/mol. The molecule has 0 saturated heterocycles. The molecule has 1 aromatic carbocycles. The van der Waals surface area contributed by atoms with E-state index in [-0.39, 0.29) is 6.07 Å². The summed E-state index contributed by atoms with van der Waals surface area (Å²) >= 11 is 2.44. The van der Waals surface area contributed by atoms with Gasteiger partial charge in [-0.25, -0.2) is 4.98 Å². The summed E-state index contributed by atoms with van der Waals surface area (Å²) in [6, 6.07) is 0.770. The van der Waals surface area contributed by atoms with Crippen LogP contribution in [0.2, 0.25) is 0 Å². The molecule has 1 N–H and O–H groups in total. The number of Topliss-reactive ketones (excluding diaryl/α,β-unsaturated/α-hetero) is 1. The number of carbonyl (C=O) groups excluding carboxylic acids is 1. The van der Waals surface area contributed by atoms with Crippen molar-refractivity contribution in [2.45, 2.75) is 18.5 Å². The number of hydrogen-bond acceptors (Lipinski definition) is 2. The molecule has 3 nitrogen and oxygen atoms in total. The van der Waals surface area contributed by atoms with Gasteiger partial charge >= 0.3 is 18.5 Å². The zero-order chi connectivity index (χ0) is 20.1. The summed E-state index contributed by atoms with van der Waals surface area (Å²) < 4.78 is 114. The molecule has 0 spiro atoms. The van der Waals surface area contributed by atoms with Crippen LogP contribution in [0.4, 0.5) is 39.5 Å². The number of alkyl halides is 9. The molecule has 26 heavy (non-hydrogen) atoms. The standard InChI is InChI=1S/C13H4BrF9N2O/c14-9-7(12(18,19)20)24-10(25-9)5-2-1-4(8(26)13(21,22)23)3-6(5)11(15,16)17/h1-3H,(H,24,25). The van der Waals surface area contributed by atoms with Crippen molar-refractivity contribution in [2.24, 2.45) is 0 Å². The number of hydrogen-bond donors (Lipinski definition) is 1. The number of carbonyl (C=O) groups is 1. The molecule has 13 heteroatoms. The monoisotopic (exact) mass is 454 g/mol. The fourth-order valence-corrected chi connectivity index (χ4v) is 2.46. The summed E-state index contributed by atoms with van der Waals surface area (Å²) in [5.74, 6) is -3.41. The quantitative estimate of drug-likeness (QED) is 0.472. The van der Waals surface area contributed by atoms with Gasteiger partial charge in [-0.15, -0.1) is 0 Å². The van der Waals surface area contributed by atoms with Crippen molar-refractivity contribution in [1.82, 2.24) is 9.97 Å². The van der Waals surface area contributed by atoms with Crippen LogP contribution in [0.15, 0.2) is 22.8 Å². The molecular formula is C13H4BrF9N2O. The van der Waals surface area contributed by atoms with Gasteiger partial charge < -0.3 is 4.98 Å². The summed E-state index contributed by atoms with van der Waals surface area (Å²) in [6.45, 7) is 0. The Kier molecular flexibility index (Phi) is 4.90. The summed E-state index contributed by atoms with van der Waals surface area (Å²) in [6.07, 6.45) is -15.6. The first-order chi connectivity index (χ1) is 11.6. The molecule has 0 bridgehead atoms. The highest BCUT2D eigenvalue weighted by Crippen LogP contribution is 2.40. The van der Waals surface area contributed by atoms with Crippen LogP contribution in [0.1, 0.15) is 21.6 Å². The van der Waals surface area contributed by atoms with Gasteiger partial charge in [-0.05, 0) is 28.1 Å². The summed E-state index contributed by atoms with van der Waals surface area (Å²) in [4.78, 5) is 16.0. The average molecular weight is 455 g/mol. The third kappa shape index (κ3) is 4.02. The Morgan fingerprint density at radius 1 is 0.962 bits per heavy atom. The molecule has 0 aliphatic rings. The number of nitrogens with one attached hydrogen (secondary N) is 1. The predicted octanol–water partition coefficient (Wildman–Crippen LogP) is 5.62. The number of ketones is 1. The van der Waals surface area contributed by atoms with Crippen molar-refractivity contribution >= 4 is 21.7 Å². The molecule has 0 atom stereocenters. The Bertz CT molecular complexity index is 849. The van der Waals surface area contributed by atoms with Crippen molar-refractivity contribution in [3.05, 3.63) is 39.6 Å². The minimum atomic E-state index is -5.42. The maximum absolute atomic E-state index is 13.1. The van der Waals surface area contributed by atoms with Gasteiger partial charge in [0.25, 0.3) is 5.78 Å². The lowest BCUT2D eigenvalue weighted by Crippen LogP contribution is -2.23. The highest BCUT2D eigenvalue weighted by molar-refractivity contribution is 9.10. The van der Waals surface area contributed by atoms with E-state index in [1.807, 2.05) is 0 Å². The highest BCUT2D eigenvalue weighted by atomic mass is 79.9. The number of rotatable bonds is 2. The van der Waals surface area contributed by atoms with Crippen LogP contribution in [0.5, 0.6) is 0 Å². The second kappa shape index (κ2) is 6.28. The van der Waals surface area contributed by atoms with E-state index in [0.717, 1.165) is 0 Å². The minimum Gasteiger partial charge on any atom is -0.333 e. The van der Waals surface area contributed by atoms with Crippen molar-refractivity contribution in [3.8, 4) is 11.4 Å². The number of imidazole rings is 1. The SMILES string of the molecule is O=C(c1ccc(-c2nc(Br)c(C(F)(F)F)[nH]2)c(C(F)(F)F)c1)C(F)(F)F. The molecule has 142 valence electrons. The zero-order valence-electron chi connectivity index (χ0n) is 11.9. The lowest BCUT2D eigenvalue weighted by Gasteiger charge is -2.14. The smallest absolute Gasteiger partial charge is 0.333 e. The van der Waals surface area contributed by atoms with Crippen molar-refractivity contribution in [3.63, 3.8) is 0 Å². The van der Waals surface area contributed by atoms with E-state index in [9.17, 15) is 44.3 Å². The maximum atomic E-state index is 13.1. The number of halogens is 10. The van der Waals surface area contributed by atoms with Gasteiger partial charge in [0.05, 0.1) is 5.56 Å². The van der Waals surface area contributed by atoms with Crippen LogP contribution in [0.3, 0.4) is 0 Å². The summed E-state index contributed by atoms with van der Waals surface area (Å²) in [5.41, 5.74) is -5.48. The highest BCUT2D eigenvalue weighted by Gasteiger charge is 2.42. The average Bonchev–Trinajstić information content (AvgIpc) is 2.86. The van der Waals surface area contributed by atoms with E-state index in [2.05, 4.69) is 20.9 Å².